The highest BCUT2D eigenvalue weighted by molar-refractivity contribution is 8.00. The Morgan fingerprint density at radius 3 is 2.04 bits per heavy atom. The van der Waals surface area contributed by atoms with Gasteiger partial charge in [0.25, 0.3) is 0 Å². The average Bonchev–Trinajstić information content (AvgIpc) is 3.76. The lowest BCUT2D eigenvalue weighted by molar-refractivity contribution is 0.483. The summed E-state index contributed by atoms with van der Waals surface area (Å²) >= 11 is 1.89. The number of imidazole rings is 1. The number of nitrogens with zero attached hydrogens (tertiary/aromatic N) is 4. The Kier molecular flexibility index (Phi) is 7.59. The fourth-order valence-electron chi connectivity index (χ4n) is 8.73. The van der Waals surface area contributed by atoms with Crippen molar-refractivity contribution >= 4 is 73.4 Å². The van der Waals surface area contributed by atoms with Crippen molar-refractivity contribution in [2.45, 2.75) is 9.79 Å². The van der Waals surface area contributed by atoms with Gasteiger partial charge in [-0.3, -0.25) is 4.57 Å². The smallest absolute Gasteiger partial charge is 0.181 e. The fraction of sp³-hybridized carbons (Fsp3) is 0.0204. The molecule has 7 heteroatoms. The lowest BCUT2D eigenvalue weighted by atomic mass is 10.1. The van der Waals surface area contributed by atoms with Gasteiger partial charge in [0, 0.05) is 45.4 Å². The van der Waals surface area contributed by atoms with Crippen molar-refractivity contribution < 1.29 is 4.74 Å². The molecule has 0 unspecified atom stereocenters. The summed E-state index contributed by atoms with van der Waals surface area (Å²) in [4.78, 5) is 12.5. The zero-order valence-corrected chi connectivity index (χ0v) is 32.3. The molecule has 7 aromatic carbocycles. The number of aromatic nitrogens is 4. The molecule has 0 aliphatic carbocycles. The zero-order chi connectivity index (χ0) is 37.2. The van der Waals surface area contributed by atoms with E-state index in [0.717, 1.165) is 56.2 Å². The fourth-order valence-corrected chi connectivity index (χ4v) is 15.7. The second-order valence-corrected chi connectivity index (χ2v) is 19.1. The van der Waals surface area contributed by atoms with Crippen LogP contribution in [0.15, 0.2) is 198 Å². The van der Waals surface area contributed by atoms with Crippen molar-refractivity contribution in [3.63, 3.8) is 0 Å². The normalized spacial score (nSPS) is 13.2. The Bertz CT molecular complexity index is 3070. The molecule has 0 saturated heterocycles. The van der Waals surface area contributed by atoms with Gasteiger partial charge in [-0.2, -0.15) is 0 Å². The standard InChI is InChI=1S/C49H34N4OSSi/c1-52-41-22-9-8-21-40(41)51-49(52)33-15-14-16-34(29-33)54-35-26-27-38-39-31-45-47(32-43(39)53(42(38)30-35)48-25-12-13-28-50-48)56(36-17-4-2-5-18-36,37-19-6-3-7-20-37)46-24-11-10-23-44(46)55-45/h2-32H,1H3. The molecule has 5 nitrogen and oxygen atoms in total. The molecule has 0 spiro atoms. The van der Waals surface area contributed by atoms with Crippen molar-refractivity contribution in [3.8, 4) is 28.7 Å². The maximum atomic E-state index is 6.67. The van der Waals surface area contributed by atoms with E-state index in [9.17, 15) is 0 Å². The van der Waals surface area contributed by atoms with Gasteiger partial charge in [0.1, 0.15) is 23.1 Å². The largest absolute Gasteiger partial charge is 0.457 e. The summed E-state index contributed by atoms with van der Waals surface area (Å²) in [6, 6.07) is 65.3. The summed E-state index contributed by atoms with van der Waals surface area (Å²) in [5, 5.41) is 7.90. The van der Waals surface area contributed by atoms with Gasteiger partial charge in [-0.05, 0) is 87.5 Å². The van der Waals surface area contributed by atoms with Gasteiger partial charge in [0.05, 0.1) is 22.1 Å². The number of hydrogen-bond acceptors (Lipinski definition) is 4. The first-order chi connectivity index (χ1) is 27.7. The van der Waals surface area contributed by atoms with Gasteiger partial charge in [-0.25, -0.2) is 9.97 Å². The van der Waals surface area contributed by atoms with E-state index in [1.165, 1.54) is 35.9 Å². The van der Waals surface area contributed by atoms with Crippen molar-refractivity contribution in [1.82, 2.24) is 19.1 Å². The van der Waals surface area contributed by atoms with Gasteiger partial charge >= 0.3 is 0 Å². The van der Waals surface area contributed by atoms with Crippen molar-refractivity contribution in [2.24, 2.45) is 7.05 Å². The number of pyridine rings is 1. The predicted octanol–water partition coefficient (Wildman–Crippen LogP) is 9.37. The van der Waals surface area contributed by atoms with Crippen molar-refractivity contribution in [1.29, 1.82) is 0 Å². The Labute approximate surface area is 329 Å². The van der Waals surface area contributed by atoms with Crippen LogP contribution in [-0.2, 0) is 7.05 Å². The van der Waals surface area contributed by atoms with E-state index in [-0.39, 0.29) is 0 Å². The second kappa shape index (κ2) is 13.0. The van der Waals surface area contributed by atoms with Gasteiger partial charge in [0.15, 0.2) is 8.07 Å². The highest BCUT2D eigenvalue weighted by Gasteiger charge is 2.47. The van der Waals surface area contributed by atoms with Crippen molar-refractivity contribution in [2.75, 3.05) is 0 Å². The van der Waals surface area contributed by atoms with Gasteiger partial charge in [-0.15, -0.1) is 0 Å². The minimum Gasteiger partial charge on any atom is -0.457 e. The third-order valence-corrected chi connectivity index (χ3v) is 17.5. The highest BCUT2D eigenvalue weighted by atomic mass is 32.2. The molecule has 11 rings (SSSR count). The molecular formula is C49H34N4OSSi. The van der Waals surface area contributed by atoms with Crippen molar-refractivity contribution in [3.05, 3.63) is 188 Å². The number of fused-ring (bicyclic) bond motifs is 6. The minimum absolute atomic E-state index is 0.750. The monoisotopic (exact) mass is 754 g/mol. The number of para-hydroxylation sites is 2. The Hall–Kier alpha value is -6.67. The third kappa shape index (κ3) is 5.01. The molecule has 0 fully saturated rings. The Morgan fingerprint density at radius 1 is 0.536 bits per heavy atom. The molecule has 1 aliphatic rings. The van der Waals surface area contributed by atoms with Gasteiger partial charge in [-0.1, -0.05) is 121 Å². The molecule has 0 bridgehead atoms. The molecule has 0 N–H and O–H groups in total. The van der Waals surface area contributed by atoms with Crippen LogP contribution in [0.3, 0.4) is 0 Å². The summed E-state index contributed by atoms with van der Waals surface area (Å²) in [7, 11) is -0.704. The zero-order valence-electron chi connectivity index (χ0n) is 30.5. The van der Waals surface area contributed by atoms with E-state index in [1.54, 1.807) is 0 Å². The first-order valence-electron chi connectivity index (χ1n) is 18.8. The quantitative estimate of drug-likeness (QED) is 0.159. The van der Waals surface area contributed by atoms with E-state index < -0.39 is 8.07 Å². The maximum Gasteiger partial charge on any atom is 0.181 e. The summed E-state index contributed by atoms with van der Waals surface area (Å²) in [6.07, 6.45) is 1.87. The number of hydrogen-bond donors (Lipinski definition) is 0. The second-order valence-electron chi connectivity index (χ2n) is 14.3. The SMILES string of the molecule is Cn1c(-c2cccc(Oc3ccc4c5cc6c(cc5n(-c5ccccn5)c4c3)[Si](c3ccccc3)(c3ccccc3)c3ccccc3S6)c2)nc2ccccc21. The predicted molar refractivity (Wildman–Crippen MR) is 233 cm³/mol. The van der Waals surface area contributed by atoms with Crippen LogP contribution >= 0.6 is 11.8 Å². The van der Waals surface area contributed by atoms with Crippen LogP contribution < -0.4 is 25.5 Å². The number of ether oxygens (including phenoxy) is 1. The maximum absolute atomic E-state index is 6.67. The molecule has 0 radical (unpaired) electrons. The number of benzene rings is 7. The van der Waals surface area contributed by atoms with Crippen LogP contribution in [0, 0.1) is 0 Å². The molecule has 56 heavy (non-hydrogen) atoms. The topological polar surface area (TPSA) is 44.9 Å². The van der Waals surface area contributed by atoms with E-state index in [2.05, 4.69) is 168 Å². The Morgan fingerprint density at radius 2 is 1.25 bits per heavy atom. The van der Waals surface area contributed by atoms with E-state index in [0.29, 0.717) is 0 Å². The van der Waals surface area contributed by atoms with Crippen LogP contribution in [0.1, 0.15) is 0 Å². The molecular weight excluding hydrogens is 721 g/mol. The molecule has 3 aromatic heterocycles. The van der Waals surface area contributed by atoms with Crippen LogP contribution in [0.2, 0.25) is 0 Å². The molecule has 4 heterocycles. The number of aryl methyl sites for hydroxylation is 1. The summed E-state index contributed by atoms with van der Waals surface area (Å²) < 4.78 is 11.1. The first-order valence-corrected chi connectivity index (χ1v) is 21.6. The minimum atomic E-state index is -2.76. The molecule has 0 saturated carbocycles. The van der Waals surface area contributed by atoms with Gasteiger partial charge in [0.2, 0.25) is 0 Å². The third-order valence-electron chi connectivity index (χ3n) is 11.2. The first kappa shape index (κ1) is 32.7. The van der Waals surface area contributed by atoms with E-state index in [4.69, 9.17) is 14.7 Å². The summed E-state index contributed by atoms with van der Waals surface area (Å²) in [5.41, 5.74) is 5.23. The molecule has 10 aromatic rings. The molecule has 1 aliphatic heterocycles. The highest BCUT2D eigenvalue weighted by Crippen LogP contribution is 2.40. The lowest BCUT2D eigenvalue weighted by Gasteiger charge is -2.40. The average molecular weight is 755 g/mol. The van der Waals surface area contributed by atoms with Gasteiger partial charge < -0.3 is 9.30 Å². The van der Waals surface area contributed by atoms with E-state index in [1.807, 2.05) is 48.3 Å². The summed E-state index contributed by atoms with van der Waals surface area (Å²) in [5.74, 6) is 3.27. The summed E-state index contributed by atoms with van der Waals surface area (Å²) in [6.45, 7) is 0. The van der Waals surface area contributed by atoms with Crippen LogP contribution in [0.5, 0.6) is 11.5 Å². The Balaban J connectivity index is 1.12. The molecule has 266 valence electrons. The molecule has 0 amide bonds. The van der Waals surface area contributed by atoms with Crippen LogP contribution in [0.4, 0.5) is 0 Å². The van der Waals surface area contributed by atoms with E-state index >= 15 is 0 Å². The molecule has 0 atom stereocenters. The van der Waals surface area contributed by atoms with Crippen LogP contribution in [-0.4, -0.2) is 27.2 Å². The van der Waals surface area contributed by atoms with Crippen LogP contribution in [0.25, 0.3) is 50.0 Å². The lowest BCUT2D eigenvalue weighted by Crippen LogP contribution is -2.76. The number of rotatable bonds is 6.